The van der Waals surface area contributed by atoms with Crippen molar-refractivity contribution in [2.24, 2.45) is 0 Å². The fourth-order valence-corrected chi connectivity index (χ4v) is 3.09. The molecule has 0 bridgehead atoms. The largest absolute Gasteiger partial charge is 0.444 e. The predicted molar refractivity (Wildman–Crippen MR) is 117 cm³/mol. The van der Waals surface area contributed by atoms with Crippen LogP contribution in [-0.4, -0.2) is 33.1 Å². The first-order valence-electron chi connectivity index (χ1n) is 9.22. The van der Waals surface area contributed by atoms with Gasteiger partial charge in [0.2, 0.25) is 15.9 Å². The average molecular weight is 450 g/mol. The van der Waals surface area contributed by atoms with Gasteiger partial charge in [0.15, 0.2) is 0 Å². The summed E-state index contributed by atoms with van der Waals surface area (Å²) >= 11 is 0. The molecule has 0 saturated carbocycles. The molecule has 2 aromatic carbocycles. The van der Waals surface area contributed by atoms with Crippen molar-refractivity contribution in [1.82, 2.24) is 4.72 Å². The van der Waals surface area contributed by atoms with Crippen molar-refractivity contribution in [2.75, 3.05) is 17.7 Å². The van der Waals surface area contributed by atoms with Crippen molar-refractivity contribution < 1.29 is 27.1 Å². The third-order valence-corrected chi connectivity index (χ3v) is 5.19. The lowest BCUT2D eigenvalue weighted by Crippen LogP contribution is -2.27. The Morgan fingerprint density at radius 1 is 1.00 bits per heavy atom. The van der Waals surface area contributed by atoms with E-state index in [0.717, 1.165) is 12.1 Å². The molecule has 2 aromatic rings. The van der Waals surface area contributed by atoms with Crippen LogP contribution in [0.2, 0.25) is 0 Å². The van der Waals surface area contributed by atoms with Crippen LogP contribution in [0.25, 0.3) is 6.08 Å². The fraction of sp³-hybridized carbons (Fsp3) is 0.238. The highest BCUT2D eigenvalue weighted by Crippen LogP contribution is 2.24. The summed E-state index contributed by atoms with van der Waals surface area (Å²) in [7, 11) is -2.24. The van der Waals surface area contributed by atoms with Gasteiger partial charge in [-0.3, -0.25) is 10.1 Å². The zero-order valence-corrected chi connectivity index (χ0v) is 18.3. The van der Waals surface area contributed by atoms with Gasteiger partial charge in [-0.05, 0) is 69.8 Å². The van der Waals surface area contributed by atoms with Gasteiger partial charge in [-0.1, -0.05) is 12.1 Å². The third-order valence-electron chi connectivity index (χ3n) is 3.76. The molecule has 0 aliphatic heterocycles. The summed E-state index contributed by atoms with van der Waals surface area (Å²) in [6.07, 6.45) is 1.91. The number of sulfonamides is 1. The van der Waals surface area contributed by atoms with E-state index in [1.54, 1.807) is 20.8 Å². The van der Waals surface area contributed by atoms with Gasteiger partial charge in [0, 0.05) is 6.08 Å². The molecule has 10 heteroatoms. The maximum atomic E-state index is 13.7. The molecule has 0 heterocycles. The van der Waals surface area contributed by atoms with E-state index in [0.29, 0.717) is 5.56 Å². The molecule has 0 aromatic heterocycles. The zero-order valence-electron chi connectivity index (χ0n) is 17.5. The van der Waals surface area contributed by atoms with Gasteiger partial charge in [0.25, 0.3) is 0 Å². The Balaban J connectivity index is 2.11. The lowest BCUT2D eigenvalue weighted by Gasteiger charge is -2.20. The smallest absolute Gasteiger partial charge is 0.412 e. The van der Waals surface area contributed by atoms with Gasteiger partial charge < -0.3 is 10.1 Å². The van der Waals surface area contributed by atoms with Gasteiger partial charge in [0.05, 0.1) is 16.3 Å². The lowest BCUT2D eigenvalue weighted by atomic mass is 10.2. The molecule has 3 N–H and O–H groups in total. The molecule has 8 nitrogen and oxygen atoms in total. The third kappa shape index (κ3) is 7.50. The molecule has 0 saturated heterocycles. The molecule has 2 amide bonds. The predicted octanol–water partition coefficient (Wildman–Crippen LogP) is 3.73. The molecule has 166 valence electrons. The van der Waals surface area contributed by atoms with Gasteiger partial charge in [-0.2, -0.15) is 0 Å². The number of rotatable bonds is 6. The number of carbonyl (C=O) groups is 2. The van der Waals surface area contributed by atoms with E-state index in [2.05, 4.69) is 15.4 Å². The van der Waals surface area contributed by atoms with Crippen molar-refractivity contribution >= 4 is 39.5 Å². The van der Waals surface area contributed by atoms with E-state index in [-0.39, 0.29) is 16.3 Å². The summed E-state index contributed by atoms with van der Waals surface area (Å²) < 4.78 is 44.5. The first kappa shape index (κ1) is 24.0. The minimum Gasteiger partial charge on any atom is -0.444 e. The van der Waals surface area contributed by atoms with Crippen LogP contribution in [0.5, 0.6) is 0 Å². The van der Waals surface area contributed by atoms with E-state index in [9.17, 15) is 22.4 Å². The first-order chi connectivity index (χ1) is 14.4. The molecule has 0 aliphatic carbocycles. The second-order valence-electron chi connectivity index (χ2n) is 7.42. The van der Waals surface area contributed by atoms with Crippen LogP contribution in [0, 0.1) is 5.82 Å². The molecule has 31 heavy (non-hydrogen) atoms. The number of hydrogen-bond donors (Lipinski definition) is 3. The van der Waals surface area contributed by atoms with E-state index in [4.69, 9.17) is 4.74 Å². The van der Waals surface area contributed by atoms with Gasteiger partial charge >= 0.3 is 6.09 Å². The molecular weight excluding hydrogens is 425 g/mol. The van der Waals surface area contributed by atoms with E-state index >= 15 is 0 Å². The van der Waals surface area contributed by atoms with Crippen LogP contribution in [0.4, 0.5) is 20.6 Å². The summed E-state index contributed by atoms with van der Waals surface area (Å²) in [5.41, 5.74) is 0.0739. The van der Waals surface area contributed by atoms with Crippen LogP contribution in [0.3, 0.4) is 0 Å². The number of ether oxygens (including phenoxy) is 1. The summed E-state index contributed by atoms with van der Waals surface area (Å²) in [5.74, 6) is -1.18. The Bertz CT molecular complexity index is 1090. The Morgan fingerprint density at radius 3 is 2.23 bits per heavy atom. The Kier molecular flexibility index (Phi) is 7.53. The standard InChI is InChI=1S/C21H24FN3O5S/c1-21(2,3)30-20(27)25-17-11-8-15(22)13-18(17)24-19(26)12-7-14-5-9-16(10-6-14)31(28,29)23-4/h5-13,23H,1-4H3,(H,24,26)(H,25,27)/b12-7+. The van der Waals surface area contributed by atoms with Crippen LogP contribution in [0.15, 0.2) is 53.4 Å². The molecule has 0 fully saturated rings. The summed E-state index contributed by atoms with van der Waals surface area (Å²) in [5, 5.41) is 4.96. The SMILES string of the molecule is CNS(=O)(=O)c1ccc(/C=C/C(=O)Nc2cc(F)ccc2NC(=O)OC(C)(C)C)cc1. The van der Waals surface area contributed by atoms with Crippen molar-refractivity contribution in [2.45, 2.75) is 31.3 Å². The number of hydrogen-bond acceptors (Lipinski definition) is 5. The lowest BCUT2D eigenvalue weighted by molar-refractivity contribution is -0.111. The van der Waals surface area contributed by atoms with Gasteiger partial charge in [-0.15, -0.1) is 0 Å². The van der Waals surface area contributed by atoms with Crippen molar-refractivity contribution in [3.8, 4) is 0 Å². The summed E-state index contributed by atoms with van der Waals surface area (Å²) in [6, 6.07) is 9.38. The molecule has 0 aliphatic rings. The normalized spacial score (nSPS) is 11.9. The van der Waals surface area contributed by atoms with E-state index in [1.807, 2.05) is 0 Å². The second kappa shape index (κ2) is 9.71. The monoisotopic (exact) mass is 449 g/mol. The minimum absolute atomic E-state index is 0.0518. The van der Waals surface area contributed by atoms with E-state index in [1.165, 1.54) is 49.5 Å². The number of carbonyl (C=O) groups excluding carboxylic acids is 2. The maximum Gasteiger partial charge on any atom is 0.412 e. The number of amides is 2. The summed E-state index contributed by atoms with van der Waals surface area (Å²) in [4.78, 5) is 24.3. The van der Waals surface area contributed by atoms with Crippen molar-refractivity contribution in [3.05, 3.63) is 59.9 Å². The van der Waals surface area contributed by atoms with Crippen molar-refractivity contribution in [1.29, 1.82) is 0 Å². The number of anilines is 2. The minimum atomic E-state index is -3.55. The Morgan fingerprint density at radius 2 is 1.65 bits per heavy atom. The molecule has 0 unspecified atom stereocenters. The van der Waals surface area contributed by atoms with Gasteiger partial charge in [0.1, 0.15) is 11.4 Å². The molecule has 0 atom stereocenters. The topological polar surface area (TPSA) is 114 Å². The van der Waals surface area contributed by atoms with E-state index < -0.39 is 33.4 Å². The highest BCUT2D eigenvalue weighted by atomic mass is 32.2. The second-order valence-corrected chi connectivity index (χ2v) is 9.30. The number of halogens is 1. The number of benzene rings is 2. The quantitative estimate of drug-likeness (QED) is 0.582. The molecule has 0 spiro atoms. The van der Waals surface area contributed by atoms with Crippen LogP contribution in [-0.2, 0) is 19.6 Å². The van der Waals surface area contributed by atoms with Gasteiger partial charge in [-0.25, -0.2) is 22.3 Å². The Hall–Kier alpha value is -3.24. The highest BCUT2D eigenvalue weighted by Gasteiger charge is 2.18. The number of nitrogens with one attached hydrogen (secondary N) is 3. The van der Waals surface area contributed by atoms with Crippen LogP contribution >= 0.6 is 0 Å². The molecular formula is C21H24FN3O5S. The van der Waals surface area contributed by atoms with Crippen molar-refractivity contribution in [3.63, 3.8) is 0 Å². The maximum absolute atomic E-state index is 13.7. The van der Waals surface area contributed by atoms with Crippen LogP contribution in [0.1, 0.15) is 26.3 Å². The summed E-state index contributed by atoms with van der Waals surface area (Å²) in [6.45, 7) is 5.10. The average Bonchev–Trinajstić information content (AvgIpc) is 2.67. The first-order valence-corrected chi connectivity index (χ1v) is 10.7. The molecule has 2 rings (SSSR count). The highest BCUT2D eigenvalue weighted by molar-refractivity contribution is 7.89. The fourth-order valence-electron chi connectivity index (χ4n) is 2.36. The Labute approximate surface area is 180 Å². The molecule has 0 radical (unpaired) electrons. The zero-order chi connectivity index (χ0) is 23.2. The van der Waals surface area contributed by atoms with Crippen LogP contribution < -0.4 is 15.4 Å².